The minimum atomic E-state index is -3.59. The van der Waals surface area contributed by atoms with Crippen LogP contribution in [0, 0.1) is 5.92 Å². The van der Waals surface area contributed by atoms with E-state index in [4.69, 9.17) is 0 Å². The first kappa shape index (κ1) is 22.7. The summed E-state index contributed by atoms with van der Waals surface area (Å²) >= 11 is 0. The van der Waals surface area contributed by atoms with Gasteiger partial charge in [-0.05, 0) is 86.1 Å². The maximum absolute atomic E-state index is 13.1. The van der Waals surface area contributed by atoms with Crippen molar-refractivity contribution in [1.82, 2.24) is 4.31 Å². The molecule has 1 saturated heterocycles. The van der Waals surface area contributed by atoms with Crippen LogP contribution in [0.5, 0.6) is 5.75 Å². The van der Waals surface area contributed by atoms with E-state index in [-0.39, 0.29) is 30.7 Å². The van der Waals surface area contributed by atoms with Crippen LogP contribution >= 0.6 is 0 Å². The molecular formula is C23H26F2N2O4S. The van der Waals surface area contributed by atoms with Crippen molar-refractivity contribution in [1.29, 1.82) is 0 Å². The van der Waals surface area contributed by atoms with Gasteiger partial charge in [0.2, 0.25) is 15.9 Å². The number of ether oxygens (including phenoxy) is 1. The molecule has 9 heteroatoms. The van der Waals surface area contributed by atoms with Gasteiger partial charge in [0.25, 0.3) is 0 Å². The summed E-state index contributed by atoms with van der Waals surface area (Å²) in [5.74, 6) is -0.515. The molecule has 172 valence electrons. The zero-order chi connectivity index (χ0) is 22.7. The molecule has 0 unspecified atom stereocenters. The number of anilines is 1. The summed E-state index contributed by atoms with van der Waals surface area (Å²) in [6.07, 6.45) is 4.97. The molecule has 1 aliphatic heterocycles. The number of carbonyl (C=O) groups is 1. The molecule has 0 saturated carbocycles. The minimum Gasteiger partial charge on any atom is -0.435 e. The Hall–Kier alpha value is -2.52. The number of amides is 1. The van der Waals surface area contributed by atoms with Crippen LogP contribution in [0.1, 0.15) is 36.8 Å². The maximum atomic E-state index is 13.1. The second-order valence-corrected chi connectivity index (χ2v) is 10.1. The summed E-state index contributed by atoms with van der Waals surface area (Å²) in [5.41, 5.74) is 2.83. The average Bonchev–Trinajstić information content (AvgIpc) is 2.79. The van der Waals surface area contributed by atoms with Gasteiger partial charge in [-0.25, -0.2) is 8.42 Å². The van der Waals surface area contributed by atoms with Gasteiger partial charge >= 0.3 is 6.61 Å². The minimum absolute atomic E-state index is 0.0127. The molecule has 32 heavy (non-hydrogen) atoms. The number of alkyl halides is 2. The van der Waals surface area contributed by atoms with E-state index in [1.165, 1.54) is 34.1 Å². The van der Waals surface area contributed by atoms with Gasteiger partial charge in [0.1, 0.15) is 5.75 Å². The SMILES string of the molecule is O=C(Nc1ccc(OC(F)F)cc1)C1CCN(S(=O)(=O)c2ccc3c(c2)CCCC3)CC1. The molecule has 2 aliphatic rings. The van der Waals surface area contributed by atoms with Crippen LogP contribution in [0.4, 0.5) is 14.5 Å². The molecule has 6 nitrogen and oxygen atoms in total. The highest BCUT2D eigenvalue weighted by Gasteiger charge is 2.32. The van der Waals surface area contributed by atoms with Gasteiger partial charge in [0, 0.05) is 24.7 Å². The molecule has 2 aromatic rings. The average molecular weight is 465 g/mol. The fraction of sp³-hybridized carbons (Fsp3) is 0.435. The zero-order valence-electron chi connectivity index (χ0n) is 17.6. The third kappa shape index (κ3) is 5.10. The first-order chi connectivity index (χ1) is 15.3. The summed E-state index contributed by atoms with van der Waals surface area (Å²) < 4.78 is 56.4. The monoisotopic (exact) mass is 464 g/mol. The Morgan fingerprint density at radius 2 is 1.66 bits per heavy atom. The number of fused-ring (bicyclic) bond motifs is 1. The van der Waals surface area contributed by atoms with Crippen molar-refractivity contribution in [2.24, 2.45) is 5.92 Å². The quantitative estimate of drug-likeness (QED) is 0.695. The van der Waals surface area contributed by atoms with E-state index < -0.39 is 16.6 Å². The number of halogens is 2. The lowest BCUT2D eigenvalue weighted by atomic mass is 9.92. The number of benzene rings is 2. The lowest BCUT2D eigenvalue weighted by Crippen LogP contribution is -2.41. The second kappa shape index (κ2) is 9.54. The molecule has 1 N–H and O–H groups in total. The van der Waals surface area contributed by atoms with Crippen molar-refractivity contribution in [3.63, 3.8) is 0 Å². The van der Waals surface area contributed by atoms with Crippen LogP contribution in [0.15, 0.2) is 47.4 Å². The Balaban J connectivity index is 1.34. The number of hydrogen-bond acceptors (Lipinski definition) is 4. The predicted molar refractivity (Wildman–Crippen MR) is 116 cm³/mol. The predicted octanol–water partition coefficient (Wildman–Crippen LogP) is 4.21. The fourth-order valence-electron chi connectivity index (χ4n) is 4.34. The molecule has 0 radical (unpaired) electrons. The first-order valence-corrected chi connectivity index (χ1v) is 12.2. The number of nitrogens with one attached hydrogen (secondary N) is 1. The highest BCUT2D eigenvalue weighted by atomic mass is 32.2. The number of nitrogens with zero attached hydrogens (tertiary/aromatic N) is 1. The molecule has 1 heterocycles. The van der Waals surface area contributed by atoms with Crippen LogP contribution in [0.3, 0.4) is 0 Å². The number of piperidine rings is 1. The van der Waals surface area contributed by atoms with E-state index in [0.29, 0.717) is 23.4 Å². The van der Waals surface area contributed by atoms with E-state index in [9.17, 15) is 22.0 Å². The van der Waals surface area contributed by atoms with Crippen LogP contribution in [0.2, 0.25) is 0 Å². The number of sulfonamides is 1. The highest BCUT2D eigenvalue weighted by molar-refractivity contribution is 7.89. The third-order valence-electron chi connectivity index (χ3n) is 6.13. The summed E-state index contributed by atoms with van der Waals surface area (Å²) in [5, 5.41) is 2.76. The fourth-order valence-corrected chi connectivity index (χ4v) is 5.86. The Morgan fingerprint density at radius 1 is 1.00 bits per heavy atom. The van der Waals surface area contributed by atoms with Crippen molar-refractivity contribution >= 4 is 21.6 Å². The maximum Gasteiger partial charge on any atom is 0.387 e. The Labute approximate surface area is 186 Å². The summed E-state index contributed by atoms with van der Waals surface area (Å²) in [4.78, 5) is 12.9. The zero-order valence-corrected chi connectivity index (χ0v) is 18.4. The summed E-state index contributed by atoms with van der Waals surface area (Å²) in [6, 6.07) is 11.1. The van der Waals surface area contributed by atoms with Crippen LogP contribution < -0.4 is 10.1 Å². The van der Waals surface area contributed by atoms with E-state index >= 15 is 0 Å². The van der Waals surface area contributed by atoms with Crippen LogP contribution in [0.25, 0.3) is 0 Å². The van der Waals surface area contributed by atoms with E-state index in [1.807, 2.05) is 12.1 Å². The molecule has 1 aliphatic carbocycles. The Kier molecular flexibility index (Phi) is 6.76. The number of hydrogen-bond donors (Lipinski definition) is 1. The van der Waals surface area contributed by atoms with Crippen LogP contribution in [-0.2, 0) is 27.7 Å². The molecule has 1 amide bonds. The van der Waals surface area contributed by atoms with E-state index in [2.05, 4.69) is 10.1 Å². The van der Waals surface area contributed by atoms with Crippen molar-refractivity contribution in [2.75, 3.05) is 18.4 Å². The largest absolute Gasteiger partial charge is 0.435 e. The summed E-state index contributed by atoms with van der Waals surface area (Å²) in [6.45, 7) is -2.35. The smallest absolute Gasteiger partial charge is 0.387 e. The molecule has 2 aromatic carbocycles. The molecule has 0 aromatic heterocycles. The lowest BCUT2D eigenvalue weighted by Gasteiger charge is -2.31. The van der Waals surface area contributed by atoms with Gasteiger partial charge in [-0.15, -0.1) is 0 Å². The van der Waals surface area contributed by atoms with Gasteiger partial charge in [-0.2, -0.15) is 13.1 Å². The number of rotatable bonds is 6. The van der Waals surface area contributed by atoms with E-state index in [0.717, 1.165) is 31.2 Å². The summed E-state index contributed by atoms with van der Waals surface area (Å²) in [7, 11) is -3.59. The normalized spacial score (nSPS) is 17.7. The second-order valence-electron chi connectivity index (χ2n) is 8.21. The van der Waals surface area contributed by atoms with Crippen molar-refractivity contribution in [3.05, 3.63) is 53.6 Å². The standard InChI is InChI=1S/C23H26F2N2O4S/c24-23(25)31-20-8-6-19(7-9-20)26-22(28)17-11-13-27(14-12-17)32(29,30)21-10-5-16-3-1-2-4-18(16)15-21/h5-10,15,17,23H,1-4,11-14H2,(H,26,28). The molecule has 1 fully saturated rings. The van der Waals surface area contributed by atoms with Crippen LogP contribution in [-0.4, -0.2) is 38.3 Å². The molecular weight excluding hydrogens is 438 g/mol. The van der Waals surface area contributed by atoms with E-state index in [1.54, 1.807) is 6.07 Å². The molecule has 0 atom stereocenters. The topological polar surface area (TPSA) is 75.7 Å². The van der Waals surface area contributed by atoms with Gasteiger partial charge < -0.3 is 10.1 Å². The first-order valence-electron chi connectivity index (χ1n) is 10.8. The number of aryl methyl sites for hydroxylation is 2. The van der Waals surface area contributed by atoms with Gasteiger partial charge in [0.15, 0.2) is 0 Å². The Morgan fingerprint density at radius 3 is 2.31 bits per heavy atom. The molecule has 0 bridgehead atoms. The van der Waals surface area contributed by atoms with Crippen molar-refractivity contribution < 1.29 is 26.7 Å². The van der Waals surface area contributed by atoms with Gasteiger partial charge in [0.05, 0.1) is 4.90 Å². The lowest BCUT2D eigenvalue weighted by molar-refractivity contribution is -0.120. The van der Waals surface area contributed by atoms with Crippen molar-refractivity contribution in [3.8, 4) is 5.75 Å². The third-order valence-corrected chi connectivity index (χ3v) is 8.02. The van der Waals surface area contributed by atoms with Gasteiger partial charge in [-0.3, -0.25) is 4.79 Å². The van der Waals surface area contributed by atoms with Crippen molar-refractivity contribution in [2.45, 2.75) is 50.0 Å². The number of carbonyl (C=O) groups excluding carboxylic acids is 1. The molecule has 4 rings (SSSR count). The van der Waals surface area contributed by atoms with Gasteiger partial charge in [-0.1, -0.05) is 6.07 Å². The highest BCUT2D eigenvalue weighted by Crippen LogP contribution is 2.29. The molecule has 0 spiro atoms. The Bertz CT molecular complexity index is 1070.